The summed E-state index contributed by atoms with van der Waals surface area (Å²) in [6.45, 7) is 3.64. The van der Waals surface area contributed by atoms with Crippen LogP contribution in [0.4, 0.5) is 11.6 Å². The van der Waals surface area contributed by atoms with E-state index in [1.807, 2.05) is 30.3 Å². The summed E-state index contributed by atoms with van der Waals surface area (Å²) in [5, 5.41) is 7.76. The van der Waals surface area contributed by atoms with Gasteiger partial charge in [0, 0.05) is 34.6 Å². The fourth-order valence-electron chi connectivity index (χ4n) is 4.72. The second-order valence-electron chi connectivity index (χ2n) is 8.45. The number of hydrogen-bond donors (Lipinski definition) is 2. The van der Waals surface area contributed by atoms with Crippen LogP contribution in [0.3, 0.4) is 0 Å². The van der Waals surface area contributed by atoms with E-state index in [0.29, 0.717) is 12.0 Å². The molecule has 31 heavy (non-hydrogen) atoms. The molecule has 5 nitrogen and oxygen atoms in total. The maximum atomic E-state index is 6.00. The van der Waals surface area contributed by atoms with Crippen LogP contribution in [0.2, 0.25) is 5.02 Å². The molecule has 3 heterocycles. The number of rotatable bonds is 5. The van der Waals surface area contributed by atoms with Gasteiger partial charge >= 0.3 is 0 Å². The van der Waals surface area contributed by atoms with E-state index >= 15 is 0 Å². The minimum Gasteiger partial charge on any atom is -0.324 e. The number of piperidine rings is 1. The molecule has 0 radical (unpaired) electrons. The topological polar surface area (TPSA) is 53.1 Å². The van der Waals surface area contributed by atoms with Crippen molar-refractivity contribution in [2.75, 3.05) is 25.0 Å². The Labute approximate surface area is 188 Å². The lowest BCUT2D eigenvalue weighted by atomic mass is 9.93. The SMILES string of the molecule is Clc1ccc(-c2ccnc(Nc3ccc(C4CC(N5CCCC5)CCN4)cc3)n2)cc1. The molecule has 2 unspecified atom stereocenters. The lowest BCUT2D eigenvalue weighted by Crippen LogP contribution is -2.43. The molecular weight excluding hydrogens is 406 g/mol. The molecule has 1 aromatic heterocycles. The summed E-state index contributed by atoms with van der Waals surface area (Å²) >= 11 is 6.00. The van der Waals surface area contributed by atoms with Gasteiger partial charge in [0.25, 0.3) is 0 Å². The van der Waals surface area contributed by atoms with Crippen molar-refractivity contribution < 1.29 is 0 Å². The number of likely N-dealkylation sites (tertiary alicyclic amines) is 1. The van der Waals surface area contributed by atoms with Gasteiger partial charge < -0.3 is 15.5 Å². The molecule has 0 amide bonds. The van der Waals surface area contributed by atoms with Crippen LogP contribution in [0.5, 0.6) is 0 Å². The Morgan fingerprint density at radius 3 is 2.52 bits per heavy atom. The summed E-state index contributed by atoms with van der Waals surface area (Å²) in [5.74, 6) is 0.588. The average molecular weight is 434 g/mol. The van der Waals surface area contributed by atoms with Gasteiger partial charge in [0.15, 0.2) is 0 Å². The van der Waals surface area contributed by atoms with Gasteiger partial charge in [-0.15, -0.1) is 0 Å². The van der Waals surface area contributed by atoms with Crippen molar-refractivity contribution in [2.45, 2.75) is 37.8 Å². The Balaban J connectivity index is 1.25. The highest BCUT2D eigenvalue weighted by Gasteiger charge is 2.28. The van der Waals surface area contributed by atoms with Gasteiger partial charge in [0.1, 0.15) is 0 Å². The van der Waals surface area contributed by atoms with Crippen LogP contribution in [0.25, 0.3) is 11.3 Å². The third-order valence-corrected chi connectivity index (χ3v) is 6.65. The summed E-state index contributed by atoms with van der Waals surface area (Å²) < 4.78 is 0. The van der Waals surface area contributed by atoms with Crippen molar-refractivity contribution in [2.24, 2.45) is 0 Å². The van der Waals surface area contributed by atoms with E-state index in [1.165, 1.54) is 44.3 Å². The van der Waals surface area contributed by atoms with E-state index in [2.05, 4.69) is 49.8 Å². The zero-order valence-electron chi connectivity index (χ0n) is 17.6. The van der Waals surface area contributed by atoms with Gasteiger partial charge in [-0.3, -0.25) is 0 Å². The van der Waals surface area contributed by atoms with Gasteiger partial charge in [0.05, 0.1) is 5.69 Å². The molecule has 3 aromatic rings. The normalized spacial score (nSPS) is 21.8. The first-order valence-electron chi connectivity index (χ1n) is 11.2. The molecule has 0 spiro atoms. The smallest absolute Gasteiger partial charge is 0.227 e. The van der Waals surface area contributed by atoms with Crippen LogP contribution in [-0.2, 0) is 0 Å². The van der Waals surface area contributed by atoms with Gasteiger partial charge in [-0.2, -0.15) is 0 Å². The van der Waals surface area contributed by atoms with Gasteiger partial charge in [-0.1, -0.05) is 35.9 Å². The van der Waals surface area contributed by atoms with Crippen molar-refractivity contribution in [3.63, 3.8) is 0 Å². The maximum absolute atomic E-state index is 6.00. The first kappa shape index (κ1) is 20.4. The molecule has 5 rings (SSSR count). The molecule has 2 aromatic carbocycles. The van der Waals surface area contributed by atoms with Crippen LogP contribution in [-0.4, -0.2) is 40.5 Å². The maximum Gasteiger partial charge on any atom is 0.227 e. The third-order valence-electron chi connectivity index (χ3n) is 6.40. The van der Waals surface area contributed by atoms with Crippen LogP contribution < -0.4 is 10.6 Å². The molecule has 2 fully saturated rings. The molecule has 2 aliphatic rings. The Hall–Kier alpha value is -2.47. The van der Waals surface area contributed by atoms with Crippen LogP contribution in [0, 0.1) is 0 Å². The largest absolute Gasteiger partial charge is 0.324 e. The average Bonchev–Trinajstić information content (AvgIpc) is 3.36. The number of nitrogens with zero attached hydrogens (tertiary/aromatic N) is 3. The fraction of sp³-hybridized carbons (Fsp3) is 0.360. The molecule has 0 saturated carbocycles. The number of aromatic nitrogens is 2. The van der Waals surface area contributed by atoms with Gasteiger partial charge in [0.2, 0.25) is 5.95 Å². The first-order valence-corrected chi connectivity index (χ1v) is 11.6. The van der Waals surface area contributed by atoms with Crippen molar-refractivity contribution in [3.8, 4) is 11.3 Å². The summed E-state index contributed by atoms with van der Waals surface area (Å²) in [6.07, 6.45) is 6.95. The predicted octanol–water partition coefficient (Wildman–Crippen LogP) is 5.43. The number of benzene rings is 2. The lowest BCUT2D eigenvalue weighted by Gasteiger charge is -2.36. The second-order valence-corrected chi connectivity index (χ2v) is 8.88. The van der Waals surface area contributed by atoms with E-state index in [0.717, 1.165) is 34.6 Å². The van der Waals surface area contributed by atoms with E-state index < -0.39 is 0 Å². The van der Waals surface area contributed by atoms with Gasteiger partial charge in [-0.05, 0) is 81.2 Å². The van der Waals surface area contributed by atoms with Crippen molar-refractivity contribution in [1.82, 2.24) is 20.2 Å². The molecule has 2 saturated heterocycles. The molecule has 160 valence electrons. The highest BCUT2D eigenvalue weighted by Crippen LogP contribution is 2.29. The predicted molar refractivity (Wildman–Crippen MR) is 127 cm³/mol. The summed E-state index contributed by atoms with van der Waals surface area (Å²) in [6, 6.07) is 19.4. The number of hydrogen-bond acceptors (Lipinski definition) is 5. The number of anilines is 2. The number of halogens is 1. The summed E-state index contributed by atoms with van der Waals surface area (Å²) in [5.41, 5.74) is 4.22. The molecule has 6 heteroatoms. The minimum absolute atomic E-state index is 0.429. The Kier molecular flexibility index (Phi) is 6.16. The Morgan fingerprint density at radius 2 is 1.74 bits per heavy atom. The fourth-order valence-corrected chi connectivity index (χ4v) is 4.84. The molecule has 0 bridgehead atoms. The highest BCUT2D eigenvalue weighted by molar-refractivity contribution is 6.30. The first-order chi connectivity index (χ1) is 15.2. The monoisotopic (exact) mass is 433 g/mol. The Bertz CT molecular complexity index is 999. The minimum atomic E-state index is 0.429. The van der Waals surface area contributed by atoms with Gasteiger partial charge in [-0.25, -0.2) is 9.97 Å². The highest BCUT2D eigenvalue weighted by atomic mass is 35.5. The summed E-state index contributed by atoms with van der Waals surface area (Å²) in [4.78, 5) is 11.7. The molecular formula is C25H28ClN5. The van der Waals surface area contributed by atoms with Crippen LogP contribution in [0.15, 0.2) is 60.8 Å². The quantitative estimate of drug-likeness (QED) is 0.561. The zero-order chi connectivity index (χ0) is 21.0. The lowest BCUT2D eigenvalue weighted by molar-refractivity contribution is 0.175. The molecule has 2 aliphatic heterocycles. The van der Waals surface area contributed by atoms with E-state index in [1.54, 1.807) is 6.20 Å². The van der Waals surface area contributed by atoms with E-state index in [4.69, 9.17) is 11.6 Å². The summed E-state index contributed by atoms with van der Waals surface area (Å²) in [7, 11) is 0. The van der Waals surface area contributed by atoms with Crippen molar-refractivity contribution >= 4 is 23.2 Å². The van der Waals surface area contributed by atoms with E-state index in [9.17, 15) is 0 Å². The van der Waals surface area contributed by atoms with Crippen molar-refractivity contribution in [1.29, 1.82) is 0 Å². The number of nitrogens with one attached hydrogen (secondary N) is 2. The van der Waals surface area contributed by atoms with Crippen LogP contribution >= 0.6 is 11.6 Å². The molecule has 2 atom stereocenters. The van der Waals surface area contributed by atoms with Crippen molar-refractivity contribution in [3.05, 3.63) is 71.4 Å². The Morgan fingerprint density at radius 1 is 0.968 bits per heavy atom. The van der Waals surface area contributed by atoms with E-state index in [-0.39, 0.29) is 0 Å². The molecule has 2 N–H and O–H groups in total. The third kappa shape index (κ3) is 4.90. The van der Waals surface area contributed by atoms with Crippen LogP contribution in [0.1, 0.15) is 37.3 Å². The molecule has 0 aliphatic carbocycles. The zero-order valence-corrected chi connectivity index (χ0v) is 18.4. The standard InChI is InChI=1S/C25H28ClN5/c26-20-7-3-18(4-8-20)23-12-14-28-25(30-23)29-21-9-5-19(6-10-21)24-17-22(11-13-27-24)31-15-1-2-16-31/h3-10,12,14,22,24,27H,1-2,11,13,15-17H2,(H,28,29,30). The second kappa shape index (κ2) is 9.35.